The maximum atomic E-state index is 13.0. The number of anilines is 1. The number of nitrogens with zero attached hydrogens (tertiary/aromatic N) is 2. The number of benzene rings is 2. The van der Waals surface area contributed by atoms with Crippen LogP contribution >= 0.6 is 0 Å². The standard InChI is InChI=1S/C23H29N5O4S/c1-5-28(6-2)33(31,32)18-11-7-9-16(13-18)22(29)26-20(15(3)4)23(30)25-19-12-8-10-17-14-24-27-21(17)19/h7-15,20H,5-6H2,1-4H3,(H,24,27)(H,25,30)(H,26,29)/t20-/m0/s1. The smallest absolute Gasteiger partial charge is 0.251 e. The van der Waals surface area contributed by atoms with Crippen molar-refractivity contribution < 1.29 is 18.0 Å². The van der Waals surface area contributed by atoms with Crippen LogP contribution in [0.15, 0.2) is 53.6 Å². The molecule has 0 saturated heterocycles. The molecule has 1 aromatic heterocycles. The quantitative estimate of drug-likeness (QED) is 0.443. The average molecular weight is 472 g/mol. The first-order chi connectivity index (χ1) is 15.7. The highest BCUT2D eigenvalue weighted by molar-refractivity contribution is 7.89. The first-order valence-electron chi connectivity index (χ1n) is 10.8. The van der Waals surface area contributed by atoms with E-state index in [2.05, 4.69) is 20.8 Å². The molecule has 1 heterocycles. The monoisotopic (exact) mass is 471 g/mol. The summed E-state index contributed by atoms with van der Waals surface area (Å²) >= 11 is 0. The lowest BCUT2D eigenvalue weighted by atomic mass is 10.0. The SMILES string of the molecule is CCN(CC)S(=O)(=O)c1cccc(C(=O)N[C@H](C(=O)Nc2cccc3cn[nH]c23)C(C)C)c1. The lowest BCUT2D eigenvalue weighted by Crippen LogP contribution is -2.47. The Morgan fingerprint density at radius 2 is 1.79 bits per heavy atom. The largest absolute Gasteiger partial charge is 0.340 e. The molecule has 33 heavy (non-hydrogen) atoms. The number of aromatic nitrogens is 2. The number of nitrogens with one attached hydrogen (secondary N) is 3. The molecule has 1 atom stereocenters. The third-order valence-corrected chi connectivity index (χ3v) is 7.46. The topological polar surface area (TPSA) is 124 Å². The Morgan fingerprint density at radius 1 is 1.09 bits per heavy atom. The Morgan fingerprint density at radius 3 is 2.45 bits per heavy atom. The first-order valence-corrected chi connectivity index (χ1v) is 12.3. The van der Waals surface area contributed by atoms with Crippen molar-refractivity contribution in [3.8, 4) is 0 Å². The number of aromatic amines is 1. The van der Waals surface area contributed by atoms with Gasteiger partial charge in [-0.1, -0.05) is 45.9 Å². The summed E-state index contributed by atoms with van der Waals surface area (Å²) in [7, 11) is -3.71. The van der Waals surface area contributed by atoms with Gasteiger partial charge in [0.05, 0.1) is 22.3 Å². The molecule has 0 unspecified atom stereocenters. The van der Waals surface area contributed by atoms with Crippen LogP contribution in [-0.2, 0) is 14.8 Å². The normalized spacial score (nSPS) is 12.8. The molecule has 0 aliphatic carbocycles. The number of rotatable bonds is 9. The Balaban J connectivity index is 1.81. The van der Waals surface area contributed by atoms with E-state index in [-0.39, 0.29) is 22.3 Å². The second kappa shape index (κ2) is 10.1. The van der Waals surface area contributed by atoms with Gasteiger partial charge in [-0.2, -0.15) is 9.40 Å². The zero-order valence-corrected chi connectivity index (χ0v) is 19.9. The number of sulfonamides is 1. The van der Waals surface area contributed by atoms with E-state index in [1.807, 2.05) is 19.9 Å². The van der Waals surface area contributed by atoms with Gasteiger partial charge in [-0.05, 0) is 30.2 Å². The van der Waals surface area contributed by atoms with Gasteiger partial charge in [-0.25, -0.2) is 8.42 Å². The van der Waals surface area contributed by atoms with Gasteiger partial charge in [0.2, 0.25) is 15.9 Å². The van der Waals surface area contributed by atoms with Gasteiger partial charge in [0, 0.05) is 24.0 Å². The fourth-order valence-corrected chi connectivity index (χ4v) is 5.06. The molecule has 2 aromatic carbocycles. The van der Waals surface area contributed by atoms with Gasteiger partial charge in [-0.3, -0.25) is 14.7 Å². The maximum Gasteiger partial charge on any atom is 0.251 e. The van der Waals surface area contributed by atoms with Gasteiger partial charge < -0.3 is 10.6 Å². The van der Waals surface area contributed by atoms with Gasteiger partial charge in [-0.15, -0.1) is 0 Å². The zero-order valence-electron chi connectivity index (χ0n) is 19.1. The third-order valence-electron chi connectivity index (χ3n) is 5.41. The molecule has 0 radical (unpaired) electrons. The highest BCUT2D eigenvalue weighted by Gasteiger charge is 2.27. The van der Waals surface area contributed by atoms with Crippen molar-refractivity contribution in [1.82, 2.24) is 19.8 Å². The molecule has 2 amide bonds. The van der Waals surface area contributed by atoms with Crippen molar-refractivity contribution in [2.45, 2.75) is 38.6 Å². The van der Waals surface area contributed by atoms with Gasteiger partial charge >= 0.3 is 0 Å². The third kappa shape index (κ3) is 5.23. The lowest BCUT2D eigenvalue weighted by molar-refractivity contribution is -0.118. The molecule has 0 saturated carbocycles. The number of hydrogen-bond donors (Lipinski definition) is 3. The van der Waals surface area contributed by atoms with Crippen molar-refractivity contribution in [3.05, 3.63) is 54.2 Å². The molecule has 10 heteroatoms. The molecule has 3 aromatic rings. The fourth-order valence-electron chi connectivity index (χ4n) is 3.55. The van der Waals surface area contributed by atoms with Crippen molar-refractivity contribution in [1.29, 1.82) is 0 Å². The van der Waals surface area contributed by atoms with Crippen LogP contribution in [0.2, 0.25) is 0 Å². The number of carbonyl (C=O) groups excluding carboxylic acids is 2. The van der Waals surface area contributed by atoms with Crippen LogP contribution in [-0.4, -0.2) is 53.9 Å². The number of amides is 2. The molecule has 0 fully saturated rings. The molecule has 0 bridgehead atoms. The van der Waals surface area contributed by atoms with Gasteiger partial charge in [0.25, 0.3) is 5.91 Å². The Kier molecular flexibility index (Phi) is 7.50. The number of carbonyl (C=O) groups is 2. The molecule has 0 spiro atoms. The predicted molar refractivity (Wildman–Crippen MR) is 127 cm³/mol. The van der Waals surface area contributed by atoms with Crippen molar-refractivity contribution in [2.24, 2.45) is 5.92 Å². The number of para-hydroxylation sites is 1. The van der Waals surface area contributed by atoms with Crippen LogP contribution in [0.1, 0.15) is 38.1 Å². The summed E-state index contributed by atoms with van der Waals surface area (Å²) in [6.07, 6.45) is 1.66. The van der Waals surface area contributed by atoms with Crippen LogP contribution in [0.25, 0.3) is 10.9 Å². The van der Waals surface area contributed by atoms with E-state index < -0.39 is 22.0 Å². The first kappa shape index (κ1) is 24.4. The maximum absolute atomic E-state index is 13.0. The highest BCUT2D eigenvalue weighted by atomic mass is 32.2. The summed E-state index contributed by atoms with van der Waals surface area (Å²) in [5, 5.41) is 13.3. The number of hydrogen-bond acceptors (Lipinski definition) is 5. The second-order valence-corrected chi connectivity index (χ2v) is 9.88. The predicted octanol–water partition coefficient (Wildman–Crippen LogP) is 2.99. The Labute approximate surface area is 193 Å². The molecule has 0 aliphatic heterocycles. The molecule has 3 rings (SSSR count). The minimum Gasteiger partial charge on any atom is -0.340 e. The minimum absolute atomic E-state index is 0.0373. The fraction of sp³-hybridized carbons (Fsp3) is 0.348. The summed E-state index contributed by atoms with van der Waals surface area (Å²) in [4.78, 5) is 26.0. The summed E-state index contributed by atoms with van der Waals surface area (Å²) in [6.45, 7) is 7.81. The molecule has 3 N–H and O–H groups in total. The Bertz CT molecular complexity index is 1250. The highest BCUT2D eigenvalue weighted by Crippen LogP contribution is 2.21. The van der Waals surface area contributed by atoms with Crippen LogP contribution < -0.4 is 10.6 Å². The van der Waals surface area contributed by atoms with Crippen molar-refractivity contribution in [2.75, 3.05) is 18.4 Å². The summed E-state index contributed by atoms with van der Waals surface area (Å²) in [6, 6.07) is 10.4. The van der Waals surface area contributed by atoms with Crippen LogP contribution in [0.5, 0.6) is 0 Å². The Hall–Kier alpha value is -3.24. The second-order valence-electron chi connectivity index (χ2n) is 7.94. The van der Waals surface area contributed by atoms with Gasteiger partial charge in [0.15, 0.2) is 0 Å². The van der Waals surface area contributed by atoms with Crippen molar-refractivity contribution >= 4 is 38.4 Å². The molecule has 9 nitrogen and oxygen atoms in total. The summed E-state index contributed by atoms with van der Waals surface area (Å²) in [5.74, 6) is -1.12. The van der Waals surface area contributed by atoms with E-state index in [0.29, 0.717) is 24.3 Å². The van der Waals surface area contributed by atoms with Crippen LogP contribution in [0, 0.1) is 5.92 Å². The molecular weight excluding hydrogens is 442 g/mol. The molecule has 176 valence electrons. The summed E-state index contributed by atoms with van der Waals surface area (Å²) < 4.78 is 27.0. The summed E-state index contributed by atoms with van der Waals surface area (Å²) in [5.41, 5.74) is 1.41. The van der Waals surface area contributed by atoms with E-state index in [9.17, 15) is 18.0 Å². The van der Waals surface area contributed by atoms with Crippen molar-refractivity contribution in [3.63, 3.8) is 0 Å². The van der Waals surface area contributed by atoms with E-state index >= 15 is 0 Å². The molecular formula is C23H29N5O4S. The van der Waals surface area contributed by atoms with E-state index in [1.165, 1.54) is 28.6 Å². The average Bonchev–Trinajstić information content (AvgIpc) is 3.27. The zero-order chi connectivity index (χ0) is 24.2. The van der Waals surface area contributed by atoms with Gasteiger partial charge in [0.1, 0.15) is 6.04 Å². The van der Waals surface area contributed by atoms with Crippen LogP contribution in [0.3, 0.4) is 0 Å². The number of H-pyrrole nitrogens is 1. The minimum atomic E-state index is -3.71. The van der Waals surface area contributed by atoms with E-state index in [1.54, 1.807) is 32.2 Å². The number of fused-ring (bicyclic) bond motifs is 1. The van der Waals surface area contributed by atoms with E-state index in [0.717, 1.165) is 5.39 Å². The lowest BCUT2D eigenvalue weighted by Gasteiger charge is -2.22. The van der Waals surface area contributed by atoms with Crippen LogP contribution in [0.4, 0.5) is 5.69 Å². The molecule has 0 aliphatic rings. The van der Waals surface area contributed by atoms with E-state index in [4.69, 9.17) is 0 Å².